The van der Waals surface area contributed by atoms with Crippen molar-refractivity contribution < 1.29 is 4.39 Å². The average molecular weight is 393 g/mol. The maximum absolute atomic E-state index is 13.1. The van der Waals surface area contributed by atoms with Crippen LogP contribution in [0.15, 0.2) is 48.5 Å². The van der Waals surface area contributed by atoms with E-state index in [0.717, 1.165) is 26.0 Å². The molecule has 1 heterocycles. The van der Waals surface area contributed by atoms with Crippen LogP contribution in [-0.2, 0) is 7.05 Å². The number of benzene rings is 2. The molecule has 106 valence electrons. The SMILES string of the molecule is Cn1nc(-c2ccccc2I)c(-c2ccc(F)cc2)c1N. The number of hydrogen-bond acceptors (Lipinski definition) is 2. The highest BCUT2D eigenvalue weighted by Gasteiger charge is 2.18. The van der Waals surface area contributed by atoms with Crippen LogP contribution in [-0.4, -0.2) is 9.78 Å². The Hall–Kier alpha value is -1.89. The lowest BCUT2D eigenvalue weighted by molar-refractivity contribution is 0.628. The number of aromatic nitrogens is 2. The van der Waals surface area contributed by atoms with E-state index in [4.69, 9.17) is 5.73 Å². The van der Waals surface area contributed by atoms with Crippen molar-refractivity contribution in [3.8, 4) is 22.4 Å². The van der Waals surface area contributed by atoms with Gasteiger partial charge in [-0.25, -0.2) is 4.39 Å². The molecule has 1 aromatic heterocycles. The minimum atomic E-state index is -0.267. The molecule has 0 unspecified atom stereocenters. The number of nitrogens with zero attached hydrogens (tertiary/aromatic N) is 2. The normalized spacial score (nSPS) is 10.8. The van der Waals surface area contributed by atoms with Crippen molar-refractivity contribution >= 4 is 28.4 Å². The number of hydrogen-bond donors (Lipinski definition) is 1. The van der Waals surface area contributed by atoms with Crippen LogP contribution in [0, 0.1) is 9.39 Å². The smallest absolute Gasteiger partial charge is 0.129 e. The first-order valence-electron chi connectivity index (χ1n) is 6.41. The van der Waals surface area contributed by atoms with Gasteiger partial charge in [0.25, 0.3) is 0 Å². The number of halogens is 2. The Morgan fingerprint density at radius 3 is 2.43 bits per heavy atom. The molecular weight excluding hydrogens is 380 g/mol. The van der Waals surface area contributed by atoms with Crippen LogP contribution in [0.25, 0.3) is 22.4 Å². The third-order valence-electron chi connectivity index (χ3n) is 3.35. The van der Waals surface area contributed by atoms with Gasteiger partial charge in [0, 0.05) is 16.2 Å². The van der Waals surface area contributed by atoms with Crippen molar-refractivity contribution in [1.29, 1.82) is 0 Å². The van der Waals surface area contributed by atoms with E-state index >= 15 is 0 Å². The minimum Gasteiger partial charge on any atom is -0.383 e. The second-order valence-electron chi connectivity index (χ2n) is 4.72. The lowest BCUT2D eigenvalue weighted by Gasteiger charge is -2.06. The molecule has 0 aliphatic carbocycles. The Kier molecular flexibility index (Phi) is 3.67. The molecule has 0 atom stereocenters. The highest BCUT2D eigenvalue weighted by Crippen LogP contribution is 2.37. The molecule has 3 nitrogen and oxygen atoms in total. The van der Waals surface area contributed by atoms with Crippen LogP contribution < -0.4 is 5.73 Å². The number of rotatable bonds is 2. The fourth-order valence-electron chi connectivity index (χ4n) is 2.28. The first-order chi connectivity index (χ1) is 10.1. The van der Waals surface area contributed by atoms with Gasteiger partial charge in [0.05, 0.1) is 5.56 Å². The van der Waals surface area contributed by atoms with Crippen molar-refractivity contribution in [2.45, 2.75) is 0 Å². The van der Waals surface area contributed by atoms with Crippen LogP contribution in [0.2, 0.25) is 0 Å². The zero-order chi connectivity index (χ0) is 15.0. The van der Waals surface area contributed by atoms with Gasteiger partial charge in [-0.15, -0.1) is 0 Å². The van der Waals surface area contributed by atoms with E-state index < -0.39 is 0 Å². The highest BCUT2D eigenvalue weighted by molar-refractivity contribution is 14.1. The summed E-state index contributed by atoms with van der Waals surface area (Å²) in [6, 6.07) is 14.3. The van der Waals surface area contributed by atoms with E-state index in [1.165, 1.54) is 12.1 Å². The molecule has 3 rings (SSSR count). The lowest BCUT2D eigenvalue weighted by atomic mass is 10.0. The Morgan fingerprint density at radius 2 is 1.76 bits per heavy atom. The summed E-state index contributed by atoms with van der Waals surface area (Å²) in [7, 11) is 1.81. The van der Waals surface area contributed by atoms with Crippen molar-refractivity contribution in [2.24, 2.45) is 7.05 Å². The summed E-state index contributed by atoms with van der Waals surface area (Å²) in [4.78, 5) is 0. The minimum absolute atomic E-state index is 0.267. The molecule has 0 spiro atoms. The largest absolute Gasteiger partial charge is 0.383 e. The summed E-state index contributed by atoms with van der Waals surface area (Å²) in [5, 5.41) is 4.53. The second-order valence-corrected chi connectivity index (χ2v) is 5.88. The third-order valence-corrected chi connectivity index (χ3v) is 4.29. The van der Waals surface area contributed by atoms with E-state index in [-0.39, 0.29) is 5.82 Å². The van der Waals surface area contributed by atoms with E-state index in [1.807, 2.05) is 31.3 Å². The van der Waals surface area contributed by atoms with Crippen molar-refractivity contribution in [1.82, 2.24) is 9.78 Å². The summed E-state index contributed by atoms with van der Waals surface area (Å²) in [5.74, 6) is 0.299. The third kappa shape index (κ3) is 2.53. The maximum Gasteiger partial charge on any atom is 0.129 e. The topological polar surface area (TPSA) is 43.8 Å². The van der Waals surface area contributed by atoms with Gasteiger partial charge in [-0.1, -0.05) is 30.3 Å². The standard InChI is InChI=1S/C16H13FIN3/c1-21-16(19)14(10-6-8-11(17)9-7-10)15(20-21)12-4-2-3-5-13(12)18/h2-9H,19H2,1H3. The highest BCUT2D eigenvalue weighted by atomic mass is 127. The first-order valence-corrected chi connectivity index (χ1v) is 7.49. The summed E-state index contributed by atoms with van der Waals surface area (Å²) in [6.07, 6.45) is 0. The van der Waals surface area contributed by atoms with Gasteiger partial charge in [0.15, 0.2) is 0 Å². The molecule has 0 amide bonds. The molecule has 0 fully saturated rings. The zero-order valence-corrected chi connectivity index (χ0v) is 13.5. The van der Waals surface area contributed by atoms with E-state index in [9.17, 15) is 4.39 Å². The predicted molar refractivity (Wildman–Crippen MR) is 91.2 cm³/mol. The van der Waals surface area contributed by atoms with Crippen LogP contribution in [0.1, 0.15) is 0 Å². The van der Waals surface area contributed by atoms with Gasteiger partial charge in [-0.2, -0.15) is 5.10 Å². The van der Waals surface area contributed by atoms with Gasteiger partial charge < -0.3 is 5.73 Å². The summed E-state index contributed by atoms with van der Waals surface area (Å²) in [6.45, 7) is 0. The molecule has 0 aliphatic heterocycles. The van der Waals surface area contributed by atoms with E-state index in [1.54, 1.807) is 16.8 Å². The van der Waals surface area contributed by atoms with Gasteiger partial charge in [0.2, 0.25) is 0 Å². The van der Waals surface area contributed by atoms with Gasteiger partial charge >= 0.3 is 0 Å². The zero-order valence-electron chi connectivity index (χ0n) is 11.3. The van der Waals surface area contributed by atoms with Gasteiger partial charge in [-0.05, 0) is 46.4 Å². The molecule has 0 saturated carbocycles. The quantitative estimate of drug-likeness (QED) is 0.667. The molecule has 0 radical (unpaired) electrons. The molecule has 0 saturated heterocycles. The lowest BCUT2D eigenvalue weighted by Crippen LogP contribution is -1.98. The van der Waals surface area contributed by atoms with Crippen LogP contribution in [0.4, 0.5) is 10.2 Å². The Bertz CT molecular complexity index is 794. The Morgan fingerprint density at radius 1 is 1.10 bits per heavy atom. The summed E-state index contributed by atoms with van der Waals surface area (Å²) < 4.78 is 15.9. The average Bonchev–Trinajstić information content (AvgIpc) is 2.76. The molecule has 0 aliphatic rings. The monoisotopic (exact) mass is 393 g/mol. The molecule has 2 aromatic carbocycles. The fourth-order valence-corrected chi connectivity index (χ4v) is 2.92. The molecule has 3 aromatic rings. The number of anilines is 1. The van der Waals surface area contributed by atoms with Crippen LogP contribution in [0.5, 0.6) is 0 Å². The molecule has 2 N–H and O–H groups in total. The number of nitrogens with two attached hydrogens (primary N) is 1. The summed E-state index contributed by atoms with van der Waals surface area (Å²) >= 11 is 2.28. The first kappa shape index (κ1) is 14.1. The molecule has 0 bridgehead atoms. The molecule has 5 heteroatoms. The summed E-state index contributed by atoms with van der Waals surface area (Å²) in [5.41, 5.74) is 9.69. The fraction of sp³-hybridized carbons (Fsp3) is 0.0625. The molecule has 21 heavy (non-hydrogen) atoms. The van der Waals surface area contributed by atoms with E-state index in [2.05, 4.69) is 27.7 Å². The van der Waals surface area contributed by atoms with Crippen LogP contribution >= 0.6 is 22.6 Å². The maximum atomic E-state index is 13.1. The number of nitrogen functional groups attached to an aromatic ring is 1. The van der Waals surface area contributed by atoms with Crippen molar-refractivity contribution in [3.63, 3.8) is 0 Å². The Balaban J connectivity index is 2.26. The van der Waals surface area contributed by atoms with E-state index in [0.29, 0.717) is 5.82 Å². The molecular formula is C16H13FIN3. The van der Waals surface area contributed by atoms with Crippen molar-refractivity contribution in [2.75, 3.05) is 5.73 Å². The van der Waals surface area contributed by atoms with Crippen LogP contribution in [0.3, 0.4) is 0 Å². The van der Waals surface area contributed by atoms with Crippen molar-refractivity contribution in [3.05, 3.63) is 57.9 Å². The van der Waals surface area contributed by atoms with Gasteiger partial charge in [0.1, 0.15) is 17.3 Å². The Labute approximate surface area is 135 Å². The number of aryl methyl sites for hydroxylation is 1. The van der Waals surface area contributed by atoms with Gasteiger partial charge in [-0.3, -0.25) is 4.68 Å². The predicted octanol–water partition coefficient (Wildman–Crippen LogP) is 4.08. The second kappa shape index (κ2) is 5.48.